The van der Waals surface area contributed by atoms with Crippen molar-refractivity contribution >= 4 is 23.6 Å². The first kappa shape index (κ1) is 20.4. The Labute approximate surface area is 168 Å². The molecular formula is C22H32ClN3O. The minimum atomic E-state index is 0.202. The van der Waals surface area contributed by atoms with E-state index in [0.717, 1.165) is 50.8 Å². The zero-order valence-electron chi connectivity index (χ0n) is 17.0. The lowest BCUT2D eigenvalue weighted by atomic mass is 9.97. The molecule has 0 aliphatic carbocycles. The van der Waals surface area contributed by atoms with Gasteiger partial charge in [-0.15, -0.1) is 0 Å². The summed E-state index contributed by atoms with van der Waals surface area (Å²) >= 11 is 6.38. The second kappa shape index (κ2) is 8.76. The zero-order chi connectivity index (χ0) is 19.6. The molecule has 0 N–H and O–H groups in total. The maximum atomic E-state index is 11.3. The first-order valence-electron chi connectivity index (χ1n) is 10.0. The van der Waals surface area contributed by atoms with Crippen molar-refractivity contribution in [2.75, 3.05) is 45.8 Å². The highest BCUT2D eigenvalue weighted by Crippen LogP contribution is 2.28. The molecule has 2 saturated heterocycles. The van der Waals surface area contributed by atoms with Gasteiger partial charge in [0, 0.05) is 63.8 Å². The minimum absolute atomic E-state index is 0.202. The van der Waals surface area contributed by atoms with Crippen molar-refractivity contribution in [1.82, 2.24) is 14.7 Å². The lowest BCUT2D eigenvalue weighted by molar-refractivity contribution is -0.136. The summed E-state index contributed by atoms with van der Waals surface area (Å²) in [5.74, 6) is 0.636. The van der Waals surface area contributed by atoms with Crippen molar-refractivity contribution in [3.63, 3.8) is 0 Å². The molecule has 1 aromatic rings. The summed E-state index contributed by atoms with van der Waals surface area (Å²) in [7, 11) is 0. The number of halogens is 1. The van der Waals surface area contributed by atoms with Crippen LogP contribution in [0.1, 0.15) is 43.4 Å². The summed E-state index contributed by atoms with van der Waals surface area (Å²) in [5.41, 5.74) is 3.71. The van der Waals surface area contributed by atoms with Crippen molar-refractivity contribution in [3.8, 4) is 0 Å². The van der Waals surface area contributed by atoms with E-state index in [1.165, 1.54) is 16.7 Å². The number of piperazine rings is 1. The van der Waals surface area contributed by atoms with Gasteiger partial charge in [0.05, 0.1) is 0 Å². The molecule has 0 saturated carbocycles. The minimum Gasteiger partial charge on any atom is -0.340 e. The van der Waals surface area contributed by atoms with Crippen LogP contribution in [0, 0.1) is 6.92 Å². The number of hydrogen-bond acceptors (Lipinski definition) is 3. The number of carbonyl (C=O) groups is 1. The van der Waals surface area contributed by atoms with Crippen LogP contribution in [0.15, 0.2) is 18.2 Å². The SMILES string of the molecule is CC(=O)N1CC(N2CCN(C/C=C/c3cc(C(C)C)c(Cl)cc3C)CC2)C1. The largest absolute Gasteiger partial charge is 0.340 e. The summed E-state index contributed by atoms with van der Waals surface area (Å²) in [5, 5.41) is 0.870. The molecule has 2 fully saturated rings. The molecule has 0 atom stereocenters. The number of likely N-dealkylation sites (tertiary alicyclic amines) is 1. The molecule has 148 valence electrons. The number of benzene rings is 1. The molecule has 3 rings (SSSR count). The molecule has 0 aromatic heterocycles. The van der Waals surface area contributed by atoms with Crippen LogP contribution in [0.4, 0.5) is 0 Å². The van der Waals surface area contributed by atoms with E-state index in [9.17, 15) is 4.79 Å². The van der Waals surface area contributed by atoms with E-state index in [0.29, 0.717) is 12.0 Å². The lowest BCUT2D eigenvalue weighted by Gasteiger charge is -2.47. The molecular weight excluding hydrogens is 358 g/mol. The summed E-state index contributed by atoms with van der Waals surface area (Å²) in [4.78, 5) is 18.3. The average molecular weight is 390 g/mol. The molecule has 0 bridgehead atoms. The van der Waals surface area contributed by atoms with E-state index in [-0.39, 0.29) is 5.91 Å². The van der Waals surface area contributed by atoms with E-state index < -0.39 is 0 Å². The molecule has 2 aliphatic rings. The van der Waals surface area contributed by atoms with Gasteiger partial charge < -0.3 is 4.90 Å². The Morgan fingerprint density at radius 3 is 2.48 bits per heavy atom. The molecule has 1 aromatic carbocycles. The van der Waals surface area contributed by atoms with Gasteiger partial charge in [-0.3, -0.25) is 14.6 Å². The van der Waals surface area contributed by atoms with Gasteiger partial charge in [0.25, 0.3) is 0 Å². The maximum Gasteiger partial charge on any atom is 0.219 e. The van der Waals surface area contributed by atoms with E-state index >= 15 is 0 Å². The Hall–Kier alpha value is -1.36. The Balaban J connectivity index is 1.48. The third-order valence-electron chi connectivity index (χ3n) is 5.90. The number of carbonyl (C=O) groups excluding carboxylic acids is 1. The smallest absolute Gasteiger partial charge is 0.219 e. The van der Waals surface area contributed by atoms with Gasteiger partial charge >= 0.3 is 0 Å². The molecule has 0 unspecified atom stereocenters. The predicted octanol–water partition coefficient (Wildman–Crippen LogP) is 3.63. The second-order valence-corrected chi connectivity index (χ2v) is 8.61. The Kier molecular flexibility index (Phi) is 6.61. The van der Waals surface area contributed by atoms with E-state index in [1.807, 2.05) is 4.90 Å². The molecule has 5 heteroatoms. The normalized spacial score (nSPS) is 19.9. The quantitative estimate of drug-likeness (QED) is 0.769. The molecule has 0 radical (unpaired) electrons. The molecule has 1 amide bonds. The van der Waals surface area contributed by atoms with Gasteiger partial charge in [-0.1, -0.05) is 37.6 Å². The van der Waals surface area contributed by atoms with Gasteiger partial charge in [0.1, 0.15) is 0 Å². The van der Waals surface area contributed by atoms with Gasteiger partial charge in [-0.05, 0) is 41.7 Å². The number of nitrogens with zero attached hydrogens (tertiary/aromatic N) is 3. The Morgan fingerprint density at radius 2 is 1.89 bits per heavy atom. The monoisotopic (exact) mass is 389 g/mol. The summed E-state index contributed by atoms with van der Waals surface area (Å²) in [6.07, 6.45) is 4.51. The van der Waals surface area contributed by atoms with Crippen LogP contribution in [0.5, 0.6) is 0 Å². The van der Waals surface area contributed by atoms with Crippen LogP contribution < -0.4 is 0 Å². The molecule has 0 spiro atoms. The molecule has 4 nitrogen and oxygen atoms in total. The lowest BCUT2D eigenvalue weighted by Crippen LogP contribution is -2.63. The summed E-state index contributed by atoms with van der Waals surface area (Å²) in [6, 6.07) is 4.88. The first-order valence-corrected chi connectivity index (χ1v) is 10.4. The first-order chi connectivity index (χ1) is 12.8. The molecule has 27 heavy (non-hydrogen) atoms. The van der Waals surface area contributed by atoms with Gasteiger partial charge in [-0.2, -0.15) is 0 Å². The van der Waals surface area contributed by atoms with Gasteiger partial charge in [-0.25, -0.2) is 0 Å². The highest BCUT2D eigenvalue weighted by Gasteiger charge is 2.34. The number of hydrogen-bond donors (Lipinski definition) is 0. The fourth-order valence-electron chi connectivity index (χ4n) is 3.91. The van der Waals surface area contributed by atoms with E-state index in [4.69, 9.17) is 11.6 Å². The van der Waals surface area contributed by atoms with Crippen LogP contribution in [-0.2, 0) is 4.79 Å². The van der Waals surface area contributed by atoms with Crippen molar-refractivity contribution in [2.24, 2.45) is 0 Å². The molecule has 2 aliphatic heterocycles. The van der Waals surface area contributed by atoms with Crippen LogP contribution >= 0.6 is 11.6 Å². The van der Waals surface area contributed by atoms with Gasteiger partial charge in [0.2, 0.25) is 5.91 Å². The summed E-state index contributed by atoms with van der Waals surface area (Å²) < 4.78 is 0. The van der Waals surface area contributed by atoms with Crippen molar-refractivity contribution in [3.05, 3.63) is 39.9 Å². The zero-order valence-corrected chi connectivity index (χ0v) is 17.8. The number of rotatable bonds is 5. The van der Waals surface area contributed by atoms with E-state index in [1.54, 1.807) is 6.92 Å². The third-order valence-corrected chi connectivity index (χ3v) is 6.23. The fourth-order valence-corrected chi connectivity index (χ4v) is 4.35. The highest BCUT2D eigenvalue weighted by molar-refractivity contribution is 6.31. The van der Waals surface area contributed by atoms with Crippen molar-refractivity contribution < 1.29 is 4.79 Å². The van der Waals surface area contributed by atoms with Crippen LogP contribution in [0.25, 0.3) is 6.08 Å². The standard InChI is InChI=1S/C22H32ClN3O/c1-16(2)21-13-19(17(3)12-22(21)23)6-5-7-24-8-10-25(11-9-24)20-14-26(15-20)18(4)27/h5-6,12-13,16,20H,7-11,14-15H2,1-4H3/b6-5+. The van der Waals surface area contributed by atoms with Crippen LogP contribution in [0.2, 0.25) is 5.02 Å². The fraction of sp³-hybridized carbons (Fsp3) is 0.591. The van der Waals surface area contributed by atoms with E-state index in [2.05, 4.69) is 54.9 Å². The van der Waals surface area contributed by atoms with Crippen molar-refractivity contribution in [1.29, 1.82) is 0 Å². The van der Waals surface area contributed by atoms with Gasteiger partial charge in [0.15, 0.2) is 0 Å². The van der Waals surface area contributed by atoms with Crippen molar-refractivity contribution in [2.45, 2.75) is 39.7 Å². The topological polar surface area (TPSA) is 26.8 Å². The predicted molar refractivity (Wildman–Crippen MR) is 113 cm³/mol. The maximum absolute atomic E-state index is 11.3. The Morgan fingerprint density at radius 1 is 1.22 bits per heavy atom. The average Bonchev–Trinajstić information content (AvgIpc) is 2.56. The number of amides is 1. The second-order valence-electron chi connectivity index (χ2n) is 8.20. The Bertz CT molecular complexity index is 702. The molecule has 2 heterocycles. The number of aryl methyl sites for hydroxylation is 1. The highest BCUT2D eigenvalue weighted by atomic mass is 35.5. The third kappa shape index (κ3) is 4.92. The van der Waals surface area contributed by atoms with Crippen LogP contribution in [-0.4, -0.2) is 72.5 Å². The van der Waals surface area contributed by atoms with Crippen LogP contribution in [0.3, 0.4) is 0 Å². The summed E-state index contributed by atoms with van der Waals surface area (Å²) in [6.45, 7) is 15.3.